The number of benzene rings is 1. The molecule has 4 aromatic rings. The number of aromatic nitrogens is 3. The Morgan fingerprint density at radius 3 is 2.59 bits per heavy atom. The summed E-state index contributed by atoms with van der Waals surface area (Å²) >= 11 is 6.64. The van der Waals surface area contributed by atoms with Gasteiger partial charge in [0, 0.05) is 30.2 Å². The largest absolute Gasteiger partial charge is 0.477 e. The maximum Gasteiger partial charge on any atom is 0.341 e. The minimum absolute atomic E-state index is 0.165. The van der Waals surface area contributed by atoms with Crippen LogP contribution in [-0.2, 0) is 17.9 Å². The fraction of sp³-hybridized carbons (Fsp3) is 0.222. The number of aryl methyl sites for hydroxylation is 1. The second-order valence-corrected chi connectivity index (χ2v) is 9.74. The van der Waals surface area contributed by atoms with Crippen LogP contribution in [-0.4, -0.2) is 31.5 Å². The van der Waals surface area contributed by atoms with Crippen LogP contribution in [0.25, 0.3) is 16.6 Å². The van der Waals surface area contributed by atoms with Crippen molar-refractivity contribution in [2.45, 2.75) is 33.9 Å². The summed E-state index contributed by atoms with van der Waals surface area (Å²) < 4.78 is 1.64. The van der Waals surface area contributed by atoms with E-state index in [1.807, 2.05) is 19.1 Å². The smallest absolute Gasteiger partial charge is 0.341 e. The predicted molar refractivity (Wildman–Crippen MR) is 142 cm³/mol. The molecular formula is C27H24ClN5O4. The highest BCUT2D eigenvalue weighted by Crippen LogP contribution is 2.36. The van der Waals surface area contributed by atoms with Gasteiger partial charge in [0.25, 0.3) is 0 Å². The van der Waals surface area contributed by atoms with Gasteiger partial charge in [-0.2, -0.15) is 0 Å². The highest BCUT2D eigenvalue weighted by Gasteiger charge is 2.24. The lowest BCUT2D eigenvalue weighted by Gasteiger charge is -2.22. The van der Waals surface area contributed by atoms with Gasteiger partial charge < -0.3 is 19.9 Å². The number of rotatable bonds is 5. The lowest BCUT2D eigenvalue weighted by molar-refractivity contribution is -0.118. The number of carboxylic acids is 1. The first kappa shape index (κ1) is 24.5. The number of pyridine rings is 3. The number of nitrogens with one attached hydrogen (secondary N) is 1. The number of hydrogen-bond acceptors (Lipinski definition) is 6. The first-order valence-electron chi connectivity index (χ1n) is 11.7. The van der Waals surface area contributed by atoms with Gasteiger partial charge in [0.15, 0.2) is 0 Å². The third-order valence-electron chi connectivity index (χ3n) is 6.45. The fourth-order valence-corrected chi connectivity index (χ4v) is 4.72. The molecule has 5 rings (SSSR count). The Hall–Kier alpha value is -4.24. The van der Waals surface area contributed by atoms with Crippen molar-refractivity contribution in [2.75, 3.05) is 10.2 Å². The number of halogens is 1. The van der Waals surface area contributed by atoms with Gasteiger partial charge in [-0.25, -0.2) is 9.78 Å². The Balaban J connectivity index is 1.67. The molecule has 1 amide bonds. The molecule has 0 saturated carbocycles. The average molecular weight is 518 g/mol. The Morgan fingerprint density at radius 2 is 1.92 bits per heavy atom. The van der Waals surface area contributed by atoms with Crippen molar-refractivity contribution in [3.63, 3.8) is 0 Å². The van der Waals surface area contributed by atoms with E-state index in [1.165, 1.54) is 12.3 Å². The lowest BCUT2D eigenvalue weighted by Crippen LogP contribution is -2.21. The molecule has 188 valence electrons. The number of amides is 1. The van der Waals surface area contributed by atoms with Crippen molar-refractivity contribution < 1.29 is 14.7 Å². The summed E-state index contributed by atoms with van der Waals surface area (Å²) in [5.41, 5.74) is 3.53. The molecule has 3 aromatic heterocycles. The number of carbonyl (C=O) groups is 2. The van der Waals surface area contributed by atoms with Gasteiger partial charge in [-0.3, -0.25) is 14.6 Å². The fourth-order valence-electron chi connectivity index (χ4n) is 4.44. The molecular weight excluding hydrogens is 494 g/mol. The molecule has 0 spiro atoms. The summed E-state index contributed by atoms with van der Waals surface area (Å²) in [6.07, 6.45) is 4.60. The Labute approximate surface area is 217 Å². The molecule has 1 aliphatic rings. The number of aromatic carboxylic acids is 1. The number of carboxylic acid groups (broad SMARTS) is 1. The van der Waals surface area contributed by atoms with E-state index in [4.69, 9.17) is 11.6 Å². The molecule has 0 unspecified atom stereocenters. The molecule has 9 nitrogen and oxygen atoms in total. The first-order valence-corrected chi connectivity index (χ1v) is 12.1. The van der Waals surface area contributed by atoms with Gasteiger partial charge in [0.05, 0.1) is 40.3 Å². The van der Waals surface area contributed by atoms with Crippen LogP contribution in [0.3, 0.4) is 0 Å². The van der Waals surface area contributed by atoms with E-state index in [1.54, 1.807) is 42.9 Å². The molecule has 4 heterocycles. The van der Waals surface area contributed by atoms with Gasteiger partial charge in [-0.15, -0.1) is 0 Å². The second-order valence-electron chi connectivity index (χ2n) is 9.33. The Bertz CT molecular complexity index is 1620. The molecule has 1 aliphatic heterocycles. The third kappa shape index (κ3) is 4.42. The topological polar surface area (TPSA) is 117 Å². The standard InChI is InChI=1S/C27H24ClN5O4/c1-14(2)26(35)31-24-7-15(3)23(10-30-24)33-12-18(27(36)37)25(34)17-8-19(28)22(9-21(17)33)32-11-16-5-4-6-29-20(16)13-32/h4-10,12,14H,11,13H2,1-3H3,(H,36,37)(H,30,31,35). The van der Waals surface area contributed by atoms with Crippen molar-refractivity contribution in [1.82, 2.24) is 14.5 Å². The monoisotopic (exact) mass is 517 g/mol. The Morgan fingerprint density at radius 1 is 1.14 bits per heavy atom. The summed E-state index contributed by atoms with van der Waals surface area (Å²) in [7, 11) is 0. The first-order chi connectivity index (χ1) is 17.6. The summed E-state index contributed by atoms with van der Waals surface area (Å²) in [4.78, 5) is 48.0. The highest BCUT2D eigenvalue weighted by molar-refractivity contribution is 6.34. The lowest BCUT2D eigenvalue weighted by atomic mass is 10.1. The maximum absolute atomic E-state index is 13.1. The van der Waals surface area contributed by atoms with Gasteiger partial charge in [-0.05, 0) is 42.3 Å². The van der Waals surface area contributed by atoms with Crippen LogP contribution in [0.15, 0.2) is 53.7 Å². The van der Waals surface area contributed by atoms with Crippen LogP contribution in [0.1, 0.15) is 41.0 Å². The molecule has 10 heteroatoms. The molecule has 2 N–H and O–H groups in total. The number of nitrogens with zero attached hydrogens (tertiary/aromatic N) is 4. The van der Waals surface area contributed by atoms with Crippen LogP contribution >= 0.6 is 11.6 Å². The van der Waals surface area contributed by atoms with Gasteiger partial charge >= 0.3 is 5.97 Å². The zero-order valence-corrected chi connectivity index (χ0v) is 21.2. The number of fused-ring (bicyclic) bond motifs is 2. The van der Waals surface area contributed by atoms with Crippen molar-refractivity contribution in [3.8, 4) is 5.69 Å². The molecule has 0 radical (unpaired) electrons. The quantitative estimate of drug-likeness (QED) is 0.398. The molecule has 0 aliphatic carbocycles. The molecule has 0 fully saturated rings. The maximum atomic E-state index is 13.1. The van der Waals surface area contributed by atoms with Crippen LogP contribution in [0.2, 0.25) is 5.02 Å². The van der Waals surface area contributed by atoms with E-state index >= 15 is 0 Å². The van der Waals surface area contributed by atoms with E-state index in [9.17, 15) is 19.5 Å². The minimum Gasteiger partial charge on any atom is -0.477 e. The van der Waals surface area contributed by atoms with Crippen molar-refractivity contribution in [1.29, 1.82) is 0 Å². The van der Waals surface area contributed by atoms with Gasteiger partial charge in [0.1, 0.15) is 11.4 Å². The van der Waals surface area contributed by atoms with Gasteiger partial charge in [-0.1, -0.05) is 31.5 Å². The molecule has 0 bridgehead atoms. The summed E-state index contributed by atoms with van der Waals surface area (Å²) in [5.74, 6) is -1.33. The number of hydrogen-bond donors (Lipinski definition) is 2. The van der Waals surface area contributed by atoms with E-state index in [-0.39, 0.29) is 22.8 Å². The van der Waals surface area contributed by atoms with E-state index < -0.39 is 11.4 Å². The van der Waals surface area contributed by atoms with Crippen LogP contribution in [0, 0.1) is 12.8 Å². The molecule has 37 heavy (non-hydrogen) atoms. The summed E-state index contributed by atoms with van der Waals surface area (Å²) in [5, 5.41) is 13.0. The number of anilines is 2. The zero-order chi connectivity index (χ0) is 26.4. The normalized spacial score (nSPS) is 12.7. The van der Waals surface area contributed by atoms with Crippen molar-refractivity contribution >= 4 is 45.9 Å². The summed E-state index contributed by atoms with van der Waals surface area (Å²) in [6, 6.07) is 8.93. The highest BCUT2D eigenvalue weighted by atomic mass is 35.5. The predicted octanol–water partition coefficient (Wildman–Crippen LogP) is 4.56. The third-order valence-corrected chi connectivity index (χ3v) is 6.75. The zero-order valence-electron chi connectivity index (χ0n) is 20.4. The summed E-state index contributed by atoms with van der Waals surface area (Å²) in [6.45, 7) is 6.56. The molecule has 0 saturated heterocycles. The average Bonchev–Trinajstić information content (AvgIpc) is 3.28. The molecule has 0 atom stereocenters. The number of carbonyl (C=O) groups excluding carboxylic acids is 1. The van der Waals surface area contributed by atoms with E-state index in [2.05, 4.69) is 20.2 Å². The van der Waals surface area contributed by atoms with Crippen LogP contribution in [0.5, 0.6) is 0 Å². The van der Waals surface area contributed by atoms with E-state index in [0.717, 1.165) is 16.8 Å². The van der Waals surface area contributed by atoms with E-state index in [0.29, 0.717) is 40.8 Å². The van der Waals surface area contributed by atoms with Gasteiger partial charge in [0.2, 0.25) is 11.3 Å². The van der Waals surface area contributed by atoms with Crippen LogP contribution < -0.4 is 15.6 Å². The van der Waals surface area contributed by atoms with Crippen molar-refractivity contribution in [3.05, 3.63) is 86.6 Å². The SMILES string of the molecule is Cc1cc(NC(=O)C(C)C)ncc1-n1cc(C(=O)O)c(=O)c2cc(Cl)c(N3Cc4cccnc4C3)cc21. The minimum atomic E-state index is -1.34. The Kier molecular flexibility index (Phi) is 6.16. The van der Waals surface area contributed by atoms with Crippen LogP contribution in [0.4, 0.5) is 11.5 Å². The van der Waals surface area contributed by atoms with Crippen molar-refractivity contribution in [2.24, 2.45) is 5.92 Å². The second kappa shape index (κ2) is 9.33. The molecule has 1 aromatic carbocycles.